The maximum absolute atomic E-state index is 10.7. The first kappa shape index (κ1) is 15.1. The fourth-order valence-corrected chi connectivity index (χ4v) is 2.87. The van der Waals surface area contributed by atoms with E-state index in [-0.39, 0.29) is 11.3 Å². The van der Waals surface area contributed by atoms with E-state index in [0.717, 1.165) is 5.75 Å². The zero-order valence-corrected chi connectivity index (χ0v) is 12.8. The third kappa shape index (κ3) is 4.05. The summed E-state index contributed by atoms with van der Waals surface area (Å²) >= 11 is 1.58. The third-order valence-electron chi connectivity index (χ3n) is 3.05. The van der Waals surface area contributed by atoms with Crippen LogP contribution in [0.5, 0.6) is 0 Å². The van der Waals surface area contributed by atoms with Gasteiger partial charge in [0.25, 0.3) is 0 Å². The summed E-state index contributed by atoms with van der Waals surface area (Å²) in [4.78, 5) is 10.7. The molecule has 100 valence electrons. The maximum atomic E-state index is 10.7. The van der Waals surface area contributed by atoms with Crippen LogP contribution in [0.4, 0.5) is 0 Å². The van der Waals surface area contributed by atoms with Crippen molar-refractivity contribution in [2.24, 2.45) is 5.73 Å². The Balaban J connectivity index is 2.91. The van der Waals surface area contributed by atoms with E-state index in [0.29, 0.717) is 5.75 Å². The molecule has 0 unspecified atom stereocenters. The molecule has 2 nitrogen and oxygen atoms in total. The molecule has 0 saturated carbocycles. The molecular weight excluding hydrogens is 242 g/mol. The molecule has 0 aliphatic carbocycles. The summed E-state index contributed by atoms with van der Waals surface area (Å²) in [5, 5.41) is 0. The Morgan fingerprint density at radius 1 is 1.22 bits per heavy atom. The van der Waals surface area contributed by atoms with Crippen LogP contribution in [-0.4, -0.2) is 11.7 Å². The van der Waals surface area contributed by atoms with Crippen molar-refractivity contribution in [2.45, 2.75) is 45.8 Å². The Bertz CT molecular complexity index is 423. The van der Waals surface area contributed by atoms with Gasteiger partial charge >= 0.3 is 0 Å². The average molecular weight is 265 g/mol. The third-order valence-corrected chi connectivity index (χ3v) is 4.03. The van der Waals surface area contributed by atoms with Crippen LogP contribution in [0.1, 0.15) is 43.0 Å². The Morgan fingerprint density at radius 2 is 1.72 bits per heavy atom. The number of rotatable bonds is 4. The standard InChI is InChI=1S/C15H23NOS/c1-10-6-12(15(3,4)5)7-11(2)13(10)8-18-9-14(16)17/h6-7H,8-9H2,1-5H3,(H2,16,17). The number of aryl methyl sites for hydroxylation is 2. The van der Waals surface area contributed by atoms with Gasteiger partial charge in [-0.25, -0.2) is 0 Å². The molecule has 0 heterocycles. The molecule has 1 aromatic carbocycles. The van der Waals surface area contributed by atoms with Crippen LogP contribution in [0.25, 0.3) is 0 Å². The maximum Gasteiger partial charge on any atom is 0.227 e. The first-order valence-electron chi connectivity index (χ1n) is 6.18. The van der Waals surface area contributed by atoms with Gasteiger partial charge in [0, 0.05) is 5.75 Å². The summed E-state index contributed by atoms with van der Waals surface area (Å²) in [7, 11) is 0. The second-order valence-corrected chi connectivity index (χ2v) is 6.78. The lowest BCUT2D eigenvalue weighted by atomic mass is 9.84. The molecule has 0 aliphatic heterocycles. The van der Waals surface area contributed by atoms with Crippen LogP contribution in [0.15, 0.2) is 12.1 Å². The molecule has 0 saturated heterocycles. The second-order valence-electron chi connectivity index (χ2n) is 5.80. The summed E-state index contributed by atoms with van der Waals surface area (Å²) < 4.78 is 0. The van der Waals surface area contributed by atoms with Gasteiger partial charge in [0.1, 0.15) is 0 Å². The van der Waals surface area contributed by atoms with Crippen LogP contribution in [0.2, 0.25) is 0 Å². The Hall–Kier alpha value is -0.960. The SMILES string of the molecule is Cc1cc(C(C)(C)C)cc(C)c1CSCC(N)=O. The Kier molecular flexibility index (Phi) is 4.85. The van der Waals surface area contributed by atoms with E-state index in [1.165, 1.54) is 22.3 Å². The lowest BCUT2D eigenvalue weighted by Crippen LogP contribution is -2.14. The van der Waals surface area contributed by atoms with Crippen LogP contribution >= 0.6 is 11.8 Å². The largest absolute Gasteiger partial charge is 0.369 e. The highest BCUT2D eigenvalue weighted by Gasteiger charge is 2.16. The molecule has 1 amide bonds. The van der Waals surface area contributed by atoms with Gasteiger partial charge in [-0.3, -0.25) is 4.79 Å². The molecule has 0 atom stereocenters. The highest BCUT2D eigenvalue weighted by molar-refractivity contribution is 7.99. The molecule has 2 N–H and O–H groups in total. The van der Waals surface area contributed by atoms with Crippen LogP contribution < -0.4 is 5.73 Å². The molecule has 18 heavy (non-hydrogen) atoms. The topological polar surface area (TPSA) is 43.1 Å². The van der Waals surface area contributed by atoms with E-state index in [9.17, 15) is 4.79 Å². The number of hydrogen-bond donors (Lipinski definition) is 1. The number of hydrogen-bond acceptors (Lipinski definition) is 2. The molecule has 0 spiro atoms. The molecule has 1 aromatic rings. The number of primary amides is 1. The number of carbonyl (C=O) groups is 1. The zero-order chi connectivity index (χ0) is 13.9. The van der Waals surface area contributed by atoms with Crippen molar-refractivity contribution >= 4 is 17.7 Å². The molecule has 1 rings (SSSR count). The molecular formula is C15H23NOS. The first-order valence-corrected chi connectivity index (χ1v) is 7.34. The smallest absolute Gasteiger partial charge is 0.227 e. The van der Waals surface area contributed by atoms with E-state index < -0.39 is 0 Å². The normalized spacial score (nSPS) is 11.6. The fourth-order valence-electron chi connectivity index (χ4n) is 1.91. The van der Waals surface area contributed by atoms with Gasteiger partial charge in [-0.15, -0.1) is 11.8 Å². The van der Waals surface area contributed by atoms with Gasteiger partial charge in [-0.05, 0) is 41.5 Å². The Morgan fingerprint density at radius 3 is 2.11 bits per heavy atom. The van der Waals surface area contributed by atoms with Crippen LogP contribution in [0, 0.1) is 13.8 Å². The second kappa shape index (κ2) is 5.79. The summed E-state index contributed by atoms with van der Waals surface area (Å²) in [6.07, 6.45) is 0. The molecule has 0 aliphatic rings. The summed E-state index contributed by atoms with van der Waals surface area (Å²) in [5.41, 5.74) is 10.6. The van der Waals surface area contributed by atoms with E-state index in [1.807, 2.05) is 0 Å². The highest BCUT2D eigenvalue weighted by Crippen LogP contribution is 2.28. The van der Waals surface area contributed by atoms with Crippen molar-refractivity contribution in [1.82, 2.24) is 0 Å². The van der Waals surface area contributed by atoms with Crippen LogP contribution in [0.3, 0.4) is 0 Å². The van der Waals surface area contributed by atoms with E-state index in [4.69, 9.17) is 5.73 Å². The molecule has 0 radical (unpaired) electrons. The zero-order valence-electron chi connectivity index (χ0n) is 12.0. The van der Waals surface area contributed by atoms with Gasteiger partial charge in [0.2, 0.25) is 5.91 Å². The number of thioether (sulfide) groups is 1. The predicted octanol–water partition coefficient (Wildman–Crippen LogP) is 3.32. The van der Waals surface area contributed by atoms with Gasteiger partial charge in [0.15, 0.2) is 0 Å². The molecule has 0 fully saturated rings. The fraction of sp³-hybridized carbons (Fsp3) is 0.533. The number of nitrogens with two attached hydrogens (primary N) is 1. The molecule has 0 aromatic heterocycles. The number of carbonyl (C=O) groups excluding carboxylic acids is 1. The van der Waals surface area contributed by atoms with Crippen molar-refractivity contribution in [3.8, 4) is 0 Å². The van der Waals surface area contributed by atoms with Gasteiger partial charge < -0.3 is 5.73 Å². The van der Waals surface area contributed by atoms with Crippen LogP contribution in [-0.2, 0) is 16.0 Å². The van der Waals surface area contributed by atoms with Crippen molar-refractivity contribution in [1.29, 1.82) is 0 Å². The first-order chi connectivity index (χ1) is 8.21. The quantitative estimate of drug-likeness (QED) is 0.907. The Labute approximate surface area is 114 Å². The predicted molar refractivity (Wildman–Crippen MR) is 80.0 cm³/mol. The lowest BCUT2D eigenvalue weighted by Gasteiger charge is -2.22. The molecule has 0 bridgehead atoms. The van der Waals surface area contributed by atoms with E-state index >= 15 is 0 Å². The summed E-state index contributed by atoms with van der Waals surface area (Å²) in [5.74, 6) is 0.993. The van der Waals surface area contributed by atoms with Crippen molar-refractivity contribution in [3.05, 3.63) is 34.4 Å². The van der Waals surface area contributed by atoms with Gasteiger partial charge in [-0.1, -0.05) is 32.9 Å². The monoisotopic (exact) mass is 265 g/mol. The average Bonchev–Trinajstić information content (AvgIpc) is 2.20. The minimum absolute atomic E-state index is 0.175. The summed E-state index contributed by atoms with van der Waals surface area (Å²) in [6.45, 7) is 11.0. The van der Waals surface area contributed by atoms with Crippen molar-refractivity contribution < 1.29 is 4.79 Å². The van der Waals surface area contributed by atoms with Gasteiger partial charge in [-0.2, -0.15) is 0 Å². The highest BCUT2D eigenvalue weighted by atomic mass is 32.2. The molecule has 3 heteroatoms. The van der Waals surface area contributed by atoms with Gasteiger partial charge in [0.05, 0.1) is 5.75 Å². The van der Waals surface area contributed by atoms with E-state index in [1.54, 1.807) is 11.8 Å². The minimum Gasteiger partial charge on any atom is -0.369 e. The lowest BCUT2D eigenvalue weighted by molar-refractivity contribution is -0.115. The number of amides is 1. The number of benzene rings is 1. The van der Waals surface area contributed by atoms with E-state index in [2.05, 4.69) is 46.8 Å². The van der Waals surface area contributed by atoms with Crippen molar-refractivity contribution in [3.63, 3.8) is 0 Å². The summed E-state index contributed by atoms with van der Waals surface area (Å²) in [6, 6.07) is 4.51. The minimum atomic E-state index is -0.249. The van der Waals surface area contributed by atoms with Crippen molar-refractivity contribution in [2.75, 3.05) is 5.75 Å².